The monoisotopic (exact) mass is 567 g/mol. The number of rotatable bonds is 8. The van der Waals surface area contributed by atoms with Gasteiger partial charge in [-0.3, -0.25) is 4.79 Å². The number of amides is 1. The van der Waals surface area contributed by atoms with Gasteiger partial charge in [0.15, 0.2) is 0 Å². The maximum atomic E-state index is 13.3. The molecule has 3 rings (SSSR count). The van der Waals surface area contributed by atoms with Crippen LogP contribution in [0.3, 0.4) is 0 Å². The number of carbonyl (C=O) groups is 1. The van der Waals surface area contributed by atoms with Gasteiger partial charge in [0.05, 0.1) is 27.7 Å². The third-order valence-electron chi connectivity index (χ3n) is 4.60. The molecule has 0 saturated heterocycles. The Kier molecular flexibility index (Phi) is 8.67. The van der Waals surface area contributed by atoms with Gasteiger partial charge in [0.1, 0.15) is 0 Å². The largest absolute Gasteiger partial charge is 0.272 e. The van der Waals surface area contributed by atoms with E-state index < -0.39 is 22.5 Å². The Morgan fingerprint density at radius 2 is 1.70 bits per heavy atom. The molecule has 6 nitrogen and oxygen atoms in total. The quantitative estimate of drug-likeness (QED) is 0.292. The second-order valence-electron chi connectivity index (χ2n) is 7.18. The summed E-state index contributed by atoms with van der Waals surface area (Å²) < 4.78 is 28.6. The highest BCUT2D eigenvalue weighted by Crippen LogP contribution is 2.22. The van der Waals surface area contributed by atoms with Crippen LogP contribution in [0.5, 0.6) is 0 Å². The van der Waals surface area contributed by atoms with Crippen LogP contribution in [0.2, 0.25) is 10.0 Å². The molecule has 0 atom stereocenters. The number of nitrogens with zero attached hydrogens (tertiary/aromatic N) is 2. The van der Waals surface area contributed by atoms with Gasteiger partial charge in [-0.05, 0) is 54.4 Å². The van der Waals surface area contributed by atoms with E-state index in [4.69, 9.17) is 23.2 Å². The minimum atomic E-state index is -3.93. The Morgan fingerprint density at radius 3 is 2.33 bits per heavy atom. The van der Waals surface area contributed by atoms with Gasteiger partial charge in [0.25, 0.3) is 5.91 Å². The summed E-state index contributed by atoms with van der Waals surface area (Å²) in [5.41, 5.74) is 4.66. The van der Waals surface area contributed by atoms with Gasteiger partial charge in [0, 0.05) is 11.0 Å². The summed E-state index contributed by atoms with van der Waals surface area (Å²) in [4.78, 5) is 12.7. The fourth-order valence-electron chi connectivity index (χ4n) is 2.85. The van der Waals surface area contributed by atoms with Crippen molar-refractivity contribution in [1.29, 1.82) is 0 Å². The van der Waals surface area contributed by atoms with Crippen LogP contribution in [0.1, 0.15) is 16.7 Å². The number of hydrogen-bond acceptors (Lipinski definition) is 4. The lowest BCUT2D eigenvalue weighted by Crippen LogP contribution is -2.39. The third-order valence-corrected chi connectivity index (χ3v) is 7.67. The summed E-state index contributed by atoms with van der Waals surface area (Å²) in [5.74, 6) is -0.584. The first-order valence-corrected chi connectivity index (χ1v) is 12.7. The van der Waals surface area contributed by atoms with Crippen molar-refractivity contribution in [3.05, 3.63) is 97.9 Å². The molecule has 33 heavy (non-hydrogen) atoms. The smallest absolute Gasteiger partial charge is 0.255 e. The number of sulfonamides is 1. The molecule has 1 amide bonds. The molecule has 3 aromatic carbocycles. The Labute approximate surface area is 211 Å². The number of benzene rings is 3. The Balaban J connectivity index is 1.78. The summed E-state index contributed by atoms with van der Waals surface area (Å²) in [6, 6.07) is 18.6. The molecular formula is C23H20BrCl2N3O3S. The molecule has 0 aliphatic rings. The number of hydrogen-bond donors (Lipinski definition) is 1. The summed E-state index contributed by atoms with van der Waals surface area (Å²) in [7, 11) is -3.93. The average molecular weight is 569 g/mol. The summed E-state index contributed by atoms with van der Waals surface area (Å²) >= 11 is 15.2. The van der Waals surface area contributed by atoms with E-state index in [2.05, 4.69) is 26.5 Å². The van der Waals surface area contributed by atoms with Crippen LogP contribution in [0.25, 0.3) is 0 Å². The van der Waals surface area contributed by atoms with Crippen molar-refractivity contribution in [2.45, 2.75) is 18.4 Å². The number of hydrazone groups is 1. The molecule has 0 aliphatic heterocycles. The fourth-order valence-corrected chi connectivity index (χ4v) is 4.80. The molecule has 0 saturated carbocycles. The first-order valence-electron chi connectivity index (χ1n) is 9.73. The number of nitrogens with one attached hydrogen (secondary N) is 1. The second-order valence-corrected chi connectivity index (χ2v) is 10.8. The first kappa shape index (κ1) is 25.4. The molecule has 0 bridgehead atoms. The molecule has 0 fully saturated rings. The lowest BCUT2D eigenvalue weighted by atomic mass is 10.2. The summed E-state index contributed by atoms with van der Waals surface area (Å²) in [6.07, 6.45) is 1.40. The van der Waals surface area contributed by atoms with Gasteiger partial charge in [-0.1, -0.05) is 75.0 Å². The van der Waals surface area contributed by atoms with E-state index in [-0.39, 0.29) is 11.4 Å². The highest BCUT2D eigenvalue weighted by Gasteiger charge is 2.27. The maximum absolute atomic E-state index is 13.3. The highest BCUT2D eigenvalue weighted by molar-refractivity contribution is 9.10. The maximum Gasteiger partial charge on any atom is 0.255 e. The molecule has 172 valence electrons. The Hall–Kier alpha value is -2.23. The highest BCUT2D eigenvalue weighted by atomic mass is 79.9. The van der Waals surface area contributed by atoms with E-state index in [1.807, 2.05) is 19.1 Å². The Bertz CT molecular complexity index is 1270. The molecule has 3 aromatic rings. The van der Waals surface area contributed by atoms with Crippen LogP contribution < -0.4 is 5.43 Å². The predicted molar refractivity (Wildman–Crippen MR) is 135 cm³/mol. The van der Waals surface area contributed by atoms with E-state index in [0.717, 1.165) is 19.9 Å². The van der Waals surface area contributed by atoms with Crippen molar-refractivity contribution in [2.24, 2.45) is 5.10 Å². The lowest BCUT2D eigenvalue weighted by molar-refractivity contribution is -0.121. The zero-order chi connectivity index (χ0) is 24.0. The van der Waals surface area contributed by atoms with Gasteiger partial charge in [-0.2, -0.15) is 9.41 Å². The van der Waals surface area contributed by atoms with E-state index >= 15 is 0 Å². The number of halogens is 3. The van der Waals surface area contributed by atoms with Crippen molar-refractivity contribution in [1.82, 2.24) is 9.73 Å². The molecule has 0 spiro atoms. The first-order chi connectivity index (χ1) is 15.6. The molecule has 10 heteroatoms. The molecule has 0 radical (unpaired) electrons. The standard InChI is InChI=1S/C23H20BrCl2N3O3S/c1-16-2-9-20(10-3-16)33(31,32)29(14-17-4-7-19(24)8-5-17)15-23(30)28-27-13-18-6-11-21(25)22(26)12-18/h2-13H,14-15H2,1H3,(H,28,30)/b27-13-. The average Bonchev–Trinajstić information content (AvgIpc) is 2.77. The van der Waals surface area contributed by atoms with E-state index in [1.165, 1.54) is 18.3 Å². The van der Waals surface area contributed by atoms with E-state index in [1.54, 1.807) is 42.5 Å². The Morgan fingerprint density at radius 1 is 1.03 bits per heavy atom. The normalized spacial score (nSPS) is 11.8. The third kappa shape index (κ3) is 7.12. The molecule has 0 unspecified atom stereocenters. The van der Waals surface area contributed by atoms with Crippen LogP contribution in [-0.4, -0.2) is 31.4 Å². The SMILES string of the molecule is Cc1ccc(S(=O)(=O)N(CC(=O)N/N=C\c2ccc(Cl)c(Cl)c2)Cc2ccc(Br)cc2)cc1. The van der Waals surface area contributed by atoms with Gasteiger partial charge in [0.2, 0.25) is 10.0 Å². The lowest BCUT2D eigenvalue weighted by Gasteiger charge is -2.21. The summed E-state index contributed by atoms with van der Waals surface area (Å²) in [6.45, 7) is 1.48. The predicted octanol–water partition coefficient (Wildman–Crippen LogP) is 5.41. The molecule has 0 aliphatic carbocycles. The van der Waals surface area contributed by atoms with E-state index in [9.17, 15) is 13.2 Å². The molecule has 0 aromatic heterocycles. The minimum absolute atomic E-state index is 0.0212. The van der Waals surface area contributed by atoms with Crippen LogP contribution in [0.15, 0.2) is 81.2 Å². The fraction of sp³-hybridized carbons (Fsp3) is 0.130. The van der Waals surface area contributed by atoms with Gasteiger partial charge in [-0.15, -0.1) is 0 Å². The zero-order valence-electron chi connectivity index (χ0n) is 17.5. The van der Waals surface area contributed by atoms with Crippen LogP contribution in [0, 0.1) is 6.92 Å². The van der Waals surface area contributed by atoms with Gasteiger partial charge >= 0.3 is 0 Å². The van der Waals surface area contributed by atoms with Gasteiger partial charge in [-0.25, -0.2) is 13.8 Å². The van der Waals surface area contributed by atoms with Crippen molar-refractivity contribution in [2.75, 3.05) is 6.54 Å². The topological polar surface area (TPSA) is 78.8 Å². The van der Waals surface area contributed by atoms with Crippen molar-refractivity contribution >= 4 is 61.3 Å². The van der Waals surface area contributed by atoms with Crippen LogP contribution in [0.4, 0.5) is 0 Å². The number of carbonyl (C=O) groups excluding carboxylic acids is 1. The van der Waals surface area contributed by atoms with Crippen molar-refractivity contribution < 1.29 is 13.2 Å². The molecular weight excluding hydrogens is 549 g/mol. The number of aryl methyl sites for hydroxylation is 1. The minimum Gasteiger partial charge on any atom is -0.272 e. The second kappa shape index (κ2) is 11.3. The zero-order valence-corrected chi connectivity index (χ0v) is 21.4. The van der Waals surface area contributed by atoms with Crippen LogP contribution in [-0.2, 0) is 21.4 Å². The molecule has 0 heterocycles. The van der Waals surface area contributed by atoms with Crippen LogP contribution >= 0.6 is 39.1 Å². The van der Waals surface area contributed by atoms with E-state index in [0.29, 0.717) is 15.6 Å². The van der Waals surface area contributed by atoms with Crippen molar-refractivity contribution in [3.63, 3.8) is 0 Å². The molecule has 1 N–H and O–H groups in total. The van der Waals surface area contributed by atoms with Crippen molar-refractivity contribution in [3.8, 4) is 0 Å². The van der Waals surface area contributed by atoms with Gasteiger partial charge < -0.3 is 0 Å². The summed E-state index contributed by atoms with van der Waals surface area (Å²) in [5, 5.41) is 4.66.